The normalized spacial score (nSPS) is 11.6. The average Bonchev–Trinajstić information content (AvgIpc) is 2.58. The lowest BCUT2D eigenvalue weighted by Crippen LogP contribution is -2.44. The van der Waals surface area contributed by atoms with E-state index in [1.54, 1.807) is 20.8 Å². The van der Waals surface area contributed by atoms with Crippen LogP contribution in [-0.4, -0.2) is 65.7 Å². The van der Waals surface area contributed by atoms with E-state index < -0.39 is 34.9 Å². The molecular formula is C16H29N5O9. The maximum absolute atomic E-state index is 11.7. The average molecular weight is 435 g/mol. The fourth-order valence-electron chi connectivity index (χ4n) is 1.92. The molecule has 0 radical (unpaired) electrons. The molecule has 5 N–H and O–H groups in total. The molecule has 2 amide bonds. The van der Waals surface area contributed by atoms with Gasteiger partial charge >= 0.3 is 18.2 Å². The van der Waals surface area contributed by atoms with E-state index in [1.165, 1.54) is 0 Å². The summed E-state index contributed by atoms with van der Waals surface area (Å²) in [7, 11) is 0. The number of carboxylic acid groups (broad SMARTS) is 1. The molecule has 0 rings (SSSR count). The Morgan fingerprint density at radius 2 is 1.77 bits per heavy atom. The van der Waals surface area contributed by atoms with Crippen LogP contribution in [0.25, 0.3) is 0 Å². The summed E-state index contributed by atoms with van der Waals surface area (Å²) < 4.78 is 9.79. The van der Waals surface area contributed by atoms with E-state index in [-0.39, 0.29) is 38.6 Å². The molecule has 14 nitrogen and oxygen atoms in total. The van der Waals surface area contributed by atoms with Gasteiger partial charge in [0.2, 0.25) is 0 Å². The van der Waals surface area contributed by atoms with Crippen molar-refractivity contribution in [2.24, 2.45) is 0 Å². The Balaban J connectivity index is 3.99. The number of carbonyl (C=O) groups is 3. The Hall–Kier alpha value is -3.32. The molecule has 0 spiro atoms. The quantitative estimate of drug-likeness (QED) is 0.0966. The predicted molar refractivity (Wildman–Crippen MR) is 102 cm³/mol. The van der Waals surface area contributed by atoms with E-state index >= 15 is 0 Å². The summed E-state index contributed by atoms with van der Waals surface area (Å²) in [5, 5.41) is 32.7. The molecule has 30 heavy (non-hydrogen) atoms. The number of carboxylic acids is 1. The van der Waals surface area contributed by atoms with Crippen LogP contribution in [0.3, 0.4) is 0 Å². The van der Waals surface area contributed by atoms with Crippen LogP contribution < -0.4 is 16.0 Å². The molecule has 0 aliphatic carbocycles. The number of amides is 2. The van der Waals surface area contributed by atoms with Crippen LogP contribution in [0.2, 0.25) is 0 Å². The summed E-state index contributed by atoms with van der Waals surface area (Å²) in [5.41, 5.74) is -0.757. The van der Waals surface area contributed by atoms with E-state index in [0.29, 0.717) is 12.8 Å². The van der Waals surface area contributed by atoms with Crippen LogP contribution in [0.1, 0.15) is 46.5 Å². The second kappa shape index (κ2) is 13.8. The molecule has 0 saturated carbocycles. The molecule has 1 atom stereocenters. The zero-order valence-corrected chi connectivity index (χ0v) is 17.2. The number of nitrogens with zero attached hydrogens (tertiary/aromatic N) is 1. The molecule has 0 aromatic carbocycles. The predicted octanol–water partition coefficient (Wildman–Crippen LogP) is 0.984. The van der Waals surface area contributed by atoms with Gasteiger partial charge in [0.15, 0.2) is 5.96 Å². The highest BCUT2D eigenvalue weighted by molar-refractivity contribution is 5.91. The maximum atomic E-state index is 11.7. The Morgan fingerprint density at radius 1 is 1.13 bits per heavy atom. The molecule has 1 unspecified atom stereocenters. The molecule has 172 valence electrons. The second-order valence-corrected chi connectivity index (χ2v) is 7.01. The molecule has 0 aliphatic heterocycles. The van der Waals surface area contributed by atoms with Crippen LogP contribution in [-0.2, 0) is 19.1 Å². The van der Waals surface area contributed by atoms with Gasteiger partial charge in [0.25, 0.3) is 5.09 Å². The topological polar surface area (TPSA) is 202 Å². The maximum Gasteiger partial charge on any atom is 0.413 e. The second-order valence-electron chi connectivity index (χ2n) is 7.01. The van der Waals surface area contributed by atoms with Gasteiger partial charge in [0.1, 0.15) is 11.6 Å². The summed E-state index contributed by atoms with van der Waals surface area (Å²) in [6, 6.07) is -1.16. The lowest BCUT2D eigenvalue weighted by molar-refractivity contribution is -0.757. The molecular weight excluding hydrogens is 406 g/mol. The van der Waals surface area contributed by atoms with Gasteiger partial charge < -0.3 is 30.1 Å². The molecule has 0 bridgehead atoms. The number of aliphatic carboxylic acids is 1. The number of carbonyl (C=O) groups excluding carboxylic acids is 2. The van der Waals surface area contributed by atoms with Crippen LogP contribution >= 0.6 is 0 Å². The van der Waals surface area contributed by atoms with Gasteiger partial charge in [-0.1, -0.05) is 0 Å². The van der Waals surface area contributed by atoms with Crippen LogP contribution in [0.5, 0.6) is 0 Å². The Bertz CT molecular complexity index is 606. The van der Waals surface area contributed by atoms with Crippen molar-refractivity contribution in [1.29, 1.82) is 5.41 Å². The number of hydrogen-bond donors (Lipinski definition) is 5. The Kier molecular flexibility index (Phi) is 12.3. The summed E-state index contributed by atoms with van der Waals surface area (Å²) in [6.07, 6.45) is -0.689. The van der Waals surface area contributed by atoms with Crippen LogP contribution in [0.4, 0.5) is 9.59 Å². The van der Waals surface area contributed by atoms with E-state index in [0.717, 1.165) is 0 Å². The molecule has 14 heteroatoms. The first-order valence-corrected chi connectivity index (χ1v) is 9.16. The fourth-order valence-corrected chi connectivity index (χ4v) is 1.92. The highest BCUT2D eigenvalue weighted by atomic mass is 16.9. The van der Waals surface area contributed by atoms with Crippen LogP contribution in [0, 0.1) is 15.5 Å². The zero-order valence-electron chi connectivity index (χ0n) is 17.2. The SMILES string of the molecule is CC(C)(C)OC(=O)NC(CCCNC(=N)NC(=O)OCCCCO[N+](=O)[O-])C(=O)O. The van der Waals surface area contributed by atoms with Crippen molar-refractivity contribution < 1.29 is 38.9 Å². The Labute approximate surface area is 173 Å². The van der Waals surface area contributed by atoms with Gasteiger partial charge in [-0.05, 0) is 46.5 Å². The minimum Gasteiger partial charge on any atom is -0.480 e. The number of nitrogens with one attached hydrogen (secondary N) is 4. The van der Waals surface area contributed by atoms with Crippen molar-refractivity contribution in [1.82, 2.24) is 16.0 Å². The molecule has 0 saturated heterocycles. The zero-order chi connectivity index (χ0) is 23.2. The van der Waals surface area contributed by atoms with Gasteiger partial charge in [0.05, 0.1) is 13.2 Å². The first-order valence-electron chi connectivity index (χ1n) is 9.16. The monoisotopic (exact) mass is 435 g/mol. The largest absolute Gasteiger partial charge is 0.480 e. The highest BCUT2D eigenvalue weighted by Crippen LogP contribution is 2.07. The van der Waals surface area contributed by atoms with Crippen LogP contribution in [0.15, 0.2) is 0 Å². The highest BCUT2D eigenvalue weighted by Gasteiger charge is 2.23. The lowest BCUT2D eigenvalue weighted by atomic mass is 10.1. The van der Waals surface area contributed by atoms with E-state index in [4.69, 9.17) is 20.0 Å². The third-order valence-corrected chi connectivity index (χ3v) is 3.16. The van der Waals surface area contributed by atoms with Crippen molar-refractivity contribution in [3.05, 3.63) is 10.1 Å². The summed E-state index contributed by atoms with van der Waals surface area (Å²) in [4.78, 5) is 48.4. The molecule has 0 heterocycles. The minimum absolute atomic E-state index is 0.00316. The number of guanidine groups is 1. The van der Waals surface area contributed by atoms with Crippen molar-refractivity contribution in [3.63, 3.8) is 0 Å². The molecule has 0 aromatic rings. The Morgan fingerprint density at radius 3 is 2.33 bits per heavy atom. The fraction of sp³-hybridized carbons (Fsp3) is 0.750. The van der Waals surface area contributed by atoms with Crippen molar-refractivity contribution in [2.45, 2.75) is 58.1 Å². The summed E-state index contributed by atoms with van der Waals surface area (Å²) in [5.74, 6) is -1.56. The number of hydrogen-bond acceptors (Lipinski definition) is 9. The number of rotatable bonds is 12. The van der Waals surface area contributed by atoms with Crippen molar-refractivity contribution in [3.8, 4) is 0 Å². The van der Waals surface area contributed by atoms with E-state index in [9.17, 15) is 24.5 Å². The molecule has 0 fully saturated rings. The smallest absolute Gasteiger partial charge is 0.413 e. The minimum atomic E-state index is -1.22. The van der Waals surface area contributed by atoms with E-state index in [2.05, 4.69) is 20.8 Å². The van der Waals surface area contributed by atoms with Crippen molar-refractivity contribution in [2.75, 3.05) is 19.8 Å². The van der Waals surface area contributed by atoms with Gasteiger partial charge in [-0.3, -0.25) is 10.7 Å². The van der Waals surface area contributed by atoms with Crippen molar-refractivity contribution >= 4 is 24.1 Å². The van der Waals surface area contributed by atoms with Gasteiger partial charge in [-0.15, -0.1) is 10.1 Å². The number of unbranched alkanes of at least 4 members (excludes halogenated alkanes) is 1. The third-order valence-electron chi connectivity index (χ3n) is 3.16. The standard InChI is InChI=1S/C16H29N5O9/c1-16(2,3)30-15(25)19-11(12(22)23)7-6-8-18-13(17)20-14(24)28-9-4-5-10-29-21(26)27/h11H,4-10H2,1-3H3,(H,19,25)(H,22,23)(H3,17,18,20,24). The number of alkyl carbamates (subject to hydrolysis) is 2. The van der Waals surface area contributed by atoms with Gasteiger partial charge in [0, 0.05) is 6.54 Å². The summed E-state index contributed by atoms with van der Waals surface area (Å²) in [6.45, 7) is 5.02. The third kappa shape index (κ3) is 15.7. The molecule has 0 aliphatic rings. The number of ether oxygens (including phenoxy) is 2. The van der Waals surface area contributed by atoms with Gasteiger partial charge in [-0.2, -0.15) is 0 Å². The molecule has 0 aromatic heterocycles. The van der Waals surface area contributed by atoms with E-state index in [1.807, 2.05) is 0 Å². The first-order chi connectivity index (χ1) is 13.9. The lowest BCUT2D eigenvalue weighted by Gasteiger charge is -2.22. The van der Waals surface area contributed by atoms with Gasteiger partial charge in [-0.25, -0.2) is 14.4 Å². The first kappa shape index (κ1) is 26.7. The summed E-state index contributed by atoms with van der Waals surface area (Å²) >= 11 is 0.